The number of hydrogen-bond donors (Lipinski definition) is 1. The maximum Gasteiger partial charge on any atom is 0.164 e. The minimum atomic E-state index is -1.08. The lowest BCUT2D eigenvalue weighted by atomic mass is 9.88. The zero-order valence-electron chi connectivity index (χ0n) is 6.80. The van der Waals surface area contributed by atoms with Crippen molar-refractivity contribution >= 4 is 5.78 Å². The second-order valence-electron chi connectivity index (χ2n) is 2.92. The van der Waals surface area contributed by atoms with Crippen LogP contribution in [0.25, 0.3) is 0 Å². The monoisotopic (exact) mass is 160 g/mol. The van der Waals surface area contributed by atoms with Crippen LogP contribution in [0.4, 0.5) is 0 Å². The molecule has 0 amide bonds. The molecule has 3 heteroatoms. The third-order valence-corrected chi connectivity index (χ3v) is 2.16. The van der Waals surface area contributed by atoms with Gasteiger partial charge < -0.3 is 9.84 Å². The minimum absolute atomic E-state index is 0. The molecule has 1 aliphatic heterocycles. The molecule has 3 nitrogen and oxygen atoms in total. The highest BCUT2D eigenvalue weighted by Crippen LogP contribution is 2.22. The molecule has 0 aromatic heterocycles. The summed E-state index contributed by atoms with van der Waals surface area (Å²) in [7, 11) is 0. The van der Waals surface area contributed by atoms with Crippen molar-refractivity contribution in [2.24, 2.45) is 0 Å². The molecule has 0 spiro atoms. The summed E-state index contributed by atoms with van der Waals surface area (Å²) in [6, 6.07) is 0. The highest BCUT2D eigenvalue weighted by Gasteiger charge is 2.35. The number of ketones is 1. The van der Waals surface area contributed by atoms with Gasteiger partial charge in [0.25, 0.3) is 0 Å². The Labute approximate surface area is 67.8 Å². The Bertz CT molecular complexity index is 152. The standard InChI is InChI=1S/C8H14O3.H2/c1-2-7(9)8(10)3-5-11-6-4-8;/h10H,2-6H2,1H3;1H. The van der Waals surface area contributed by atoms with Crippen molar-refractivity contribution < 1.29 is 16.1 Å². The maximum atomic E-state index is 11.2. The van der Waals surface area contributed by atoms with E-state index in [9.17, 15) is 9.90 Å². The van der Waals surface area contributed by atoms with E-state index in [-0.39, 0.29) is 7.21 Å². The van der Waals surface area contributed by atoms with Gasteiger partial charge in [-0.1, -0.05) is 6.92 Å². The molecule has 66 valence electrons. The average Bonchev–Trinajstić information content (AvgIpc) is 2.04. The summed E-state index contributed by atoms with van der Waals surface area (Å²) in [6.07, 6.45) is 1.33. The topological polar surface area (TPSA) is 46.5 Å². The van der Waals surface area contributed by atoms with Gasteiger partial charge in [0.1, 0.15) is 5.60 Å². The smallest absolute Gasteiger partial charge is 0.164 e. The van der Waals surface area contributed by atoms with Gasteiger partial charge in [0.2, 0.25) is 0 Å². The third-order valence-electron chi connectivity index (χ3n) is 2.16. The number of ether oxygens (including phenoxy) is 1. The lowest BCUT2D eigenvalue weighted by molar-refractivity contribution is -0.146. The first-order chi connectivity index (χ1) is 5.19. The fourth-order valence-electron chi connectivity index (χ4n) is 1.32. The van der Waals surface area contributed by atoms with Gasteiger partial charge in [0.05, 0.1) is 0 Å². The van der Waals surface area contributed by atoms with Gasteiger partial charge in [-0.2, -0.15) is 0 Å². The van der Waals surface area contributed by atoms with Gasteiger partial charge >= 0.3 is 0 Å². The fraction of sp³-hybridized carbons (Fsp3) is 0.875. The summed E-state index contributed by atoms with van der Waals surface area (Å²) in [5.74, 6) is -0.0548. The van der Waals surface area contributed by atoms with E-state index in [0.29, 0.717) is 32.5 Å². The number of rotatable bonds is 2. The molecule has 1 saturated heterocycles. The van der Waals surface area contributed by atoms with Crippen LogP contribution < -0.4 is 0 Å². The van der Waals surface area contributed by atoms with Crippen molar-refractivity contribution in [2.75, 3.05) is 13.2 Å². The van der Waals surface area contributed by atoms with Gasteiger partial charge in [0, 0.05) is 33.9 Å². The van der Waals surface area contributed by atoms with E-state index in [1.165, 1.54) is 0 Å². The summed E-state index contributed by atoms with van der Waals surface area (Å²) in [5.41, 5.74) is -1.08. The van der Waals surface area contributed by atoms with E-state index >= 15 is 0 Å². The van der Waals surface area contributed by atoms with Gasteiger partial charge in [-0.15, -0.1) is 0 Å². The number of hydrogen-bond acceptors (Lipinski definition) is 3. The maximum absolute atomic E-state index is 11.2. The molecule has 1 aliphatic rings. The lowest BCUT2D eigenvalue weighted by Crippen LogP contribution is -2.43. The second kappa shape index (κ2) is 3.32. The molecular formula is C8H16O3. The molecule has 0 unspecified atom stereocenters. The highest BCUT2D eigenvalue weighted by molar-refractivity contribution is 5.86. The number of aliphatic hydroxyl groups is 1. The summed E-state index contributed by atoms with van der Waals surface area (Å²) < 4.78 is 5.05. The summed E-state index contributed by atoms with van der Waals surface area (Å²) in [4.78, 5) is 11.2. The van der Waals surface area contributed by atoms with E-state index in [1.807, 2.05) is 0 Å². The minimum Gasteiger partial charge on any atom is -0.382 e. The molecule has 1 N–H and O–H groups in total. The van der Waals surface area contributed by atoms with Crippen LogP contribution >= 0.6 is 0 Å². The quantitative estimate of drug-likeness (QED) is 0.648. The zero-order chi connectivity index (χ0) is 8.32. The van der Waals surface area contributed by atoms with Crippen molar-refractivity contribution in [3.05, 3.63) is 0 Å². The van der Waals surface area contributed by atoms with Gasteiger partial charge in [-0.3, -0.25) is 4.79 Å². The van der Waals surface area contributed by atoms with Crippen molar-refractivity contribution in [3.8, 4) is 0 Å². The summed E-state index contributed by atoms with van der Waals surface area (Å²) >= 11 is 0. The van der Waals surface area contributed by atoms with Gasteiger partial charge in [0.15, 0.2) is 5.78 Å². The van der Waals surface area contributed by atoms with Crippen molar-refractivity contribution in [1.29, 1.82) is 0 Å². The van der Waals surface area contributed by atoms with Gasteiger partial charge in [-0.25, -0.2) is 0 Å². The highest BCUT2D eigenvalue weighted by atomic mass is 16.5. The van der Waals surface area contributed by atoms with E-state index in [1.54, 1.807) is 6.92 Å². The van der Waals surface area contributed by atoms with E-state index in [0.717, 1.165) is 0 Å². The number of carbonyl (C=O) groups is 1. The Kier molecular flexibility index (Phi) is 2.62. The van der Waals surface area contributed by atoms with E-state index in [2.05, 4.69) is 0 Å². The molecule has 0 bridgehead atoms. The summed E-state index contributed by atoms with van der Waals surface area (Å²) in [6.45, 7) is 2.78. The van der Waals surface area contributed by atoms with Crippen LogP contribution in [0.3, 0.4) is 0 Å². The molecular weight excluding hydrogens is 144 g/mol. The molecule has 1 heterocycles. The SMILES string of the molecule is CCC(=O)C1(O)CCOCC1.[HH]. The van der Waals surface area contributed by atoms with Crippen LogP contribution in [0, 0.1) is 0 Å². The average molecular weight is 160 g/mol. The second-order valence-corrected chi connectivity index (χ2v) is 2.92. The predicted molar refractivity (Wildman–Crippen MR) is 42.4 cm³/mol. The first-order valence-corrected chi connectivity index (χ1v) is 4.02. The lowest BCUT2D eigenvalue weighted by Gasteiger charge is -2.30. The Morgan fingerprint density at radius 1 is 1.64 bits per heavy atom. The largest absolute Gasteiger partial charge is 0.382 e. The van der Waals surface area contributed by atoms with E-state index < -0.39 is 5.60 Å². The molecule has 1 rings (SSSR count). The molecule has 0 aliphatic carbocycles. The van der Waals surface area contributed by atoms with Crippen LogP contribution in [0.15, 0.2) is 0 Å². The molecule has 0 saturated carbocycles. The third kappa shape index (κ3) is 1.79. The van der Waals surface area contributed by atoms with Crippen molar-refractivity contribution in [3.63, 3.8) is 0 Å². The fourth-order valence-corrected chi connectivity index (χ4v) is 1.32. The summed E-state index contributed by atoms with van der Waals surface area (Å²) in [5, 5.41) is 9.71. The van der Waals surface area contributed by atoms with E-state index in [4.69, 9.17) is 4.74 Å². The Hall–Kier alpha value is -0.410. The molecule has 1 fully saturated rings. The molecule has 0 aromatic rings. The van der Waals surface area contributed by atoms with Crippen LogP contribution in [0.5, 0.6) is 0 Å². The van der Waals surface area contributed by atoms with Crippen molar-refractivity contribution in [2.45, 2.75) is 31.8 Å². The first kappa shape index (κ1) is 8.68. The molecule has 11 heavy (non-hydrogen) atoms. The number of carbonyl (C=O) groups excluding carboxylic acids is 1. The molecule has 0 aromatic carbocycles. The molecule has 0 radical (unpaired) electrons. The predicted octanol–water partition coefficient (Wildman–Crippen LogP) is 0.753. The Balaban J connectivity index is 0.00000121. The normalized spacial score (nSPS) is 23.1. The van der Waals surface area contributed by atoms with Crippen LogP contribution in [-0.4, -0.2) is 29.7 Å². The van der Waals surface area contributed by atoms with Crippen LogP contribution in [0.2, 0.25) is 0 Å². The Morgan fingerprint density at radius 2 is 2.18 bits per heavy atom. The zero-order valence-corrected chi connectivity index (χ0v) is 6.80. The van der Waals surface area contributed by atoms with Crippen LogP contribution in [-0.2, 0) is 9.53 Å². The first-order valence-electron chi connectivity index (χ1n) is 4.02. The van der Waals surface area contributed by atoms with Gasteiger partial charge in [-0.05, 0) is 0 Å². The van der Waals surface area contributed by atoms with Crippen LogP contribution in [0.1, 0.15) is 27.6 Å². The number of Topliss-reactive ketones (excluding diaryl/α,β-unsaturated/α-hetero) is 1. The Morgan fingerprint density at radius 3 is 2.64 bits per heavy atom. The molecule has 0 atom stereocenters. The van der Waals surface area contributed by atoms with Crippen molar-refractivity contribution in [1.82, 2.24) is 0 Å².